The second kappa shape index (κ2) is 6.17. The van der Waals surface area contributed by atoms with E-state index in [0.29, 0.717) is 18.0 Å². The standard InChI is InChI=1S/C18H28N2/c1-14-11-12-15-7-5-6-10-17(15)20(14)18-9-4-2-3-8-16(18)13-19/h5-7,10,14,16,18H,2-4,8-9,11-13,19H2,1H3. The Balaban J connectivity index is 1.94. The number of nitrogens with zero attached hydrogens (tertiary/aromatic N) is 1. The highest BCUT2D eigenvalue weighted by Crippen LogP contribution is 2.37. The number of nitrogens with two attached hydrogens (primary N) is 1. The van der Waals surface area contributed by atoms with Gasteiger partial charge in [0.15, 0.2) is 0 Å². The Labute approximate surface area is 123 Å². The molecule has 3 atom stereocenters. The van der Waals surface area contributed by atoms with Crippen molar-refractivity contribution in [2.24, 2.45) is 11.7 Å². The highest BCUT2D eigenvalue weighted by molar-refractivity contribution is 5.57. The lowest BCUT2D eigenvalue weighted by Gasteiger charge is -2.45. The molecule has 1 aliphatic heterocycles. The van der Waals surface area contributed by atoms with Crippen LogP contribution >= 0.6 is 0 Å². The first-order valence-electron chi connectivity index (χ1n) is 8.37. The van der Waals surface area contributed by atoms with E-state index in [9.17, 15) is 0 Å². The van der Waals surface area contributed by atoms with E-state index >= 15 is 0 Å². The van der Waals surface area contributed by atoms with Gasteiger partial charge in [-0.25, -0.2) is 0 Å². The van der Waals surface area contributed by atoms with Gasteiger partial charge in [0.1, 0.15) is 0 Å². The second-order valence-corrected chi connectivity index (χ2v) is 6.62. The Hall–Kier alpha value is -1.02. The van der Waals surface area contributed by atoms with Crippen LogP contribution in [0.15, 0.2) is 24.3 Å². The third kappa shape index (κ3) is 2.58. The van der Waals surface area contributed by atoms with Crippen molar-refractivity contribution in [1.82, 2.24) is 0 Å². The summed E-state index contributed by atoms with van der Waals surface area (Å²) in [5, 5.41) is 0. The molecule has 3 rings (SSSR count). The molecule has 1 aromatic rings. The first-order valence-corrected chi connectivity index (χ1v) is 8.37. The van der Waals surface area contributed by atoms with Gasteiger partial charge in [0.05, 0.1) is 0 Å². The molecule has 0 aromatic heterocycles. The zero-order valence-corrected chi connectivity index (χ0v) is 12.7. The van der Waals surface area contributed by atoms with Crippen LogP contribution in [-0.2, 0) is 6.42 Å². The number of hydrogen-bond donors (Lipinski definition) is 1. The molecular formula is C18H28N2. The molecule has 0 spiro atoms. The lowest BCUT2D eigenvalue weighted by Crippen LogP contribution is -2.49. The fraction of sp³-hybridized carbons (Fsp3) is 0.667. The zero-order chi connectivity index (χ0) is 13.9. The summed E-state index contributed by atoms with van der Waals surface area (Å²) in [5.74, 6) is 0.672. The van der Waals surface area contributed by atoms with Crippen LogP contribution in [0, 0.1) is 5.92 Å². The van der Waals surface area contributed by atoms with Crippen molar-refractivity contribution in [1.29, 1.82) is 0 Å². The van der Waals surface area contributed by atoms with Crippen molar-refractivity contribution in [2.75, 3.05) is 11.4 Å². The average Bonchev–Trinajstić information content (AvgIpc) is 2.72. The Kier molecular flexibility index (Phi) is 4.30. The number of aryl methyl sites for hydroxylation is 1. The van der Waals surface area contributed by atoms with Crippen LogP contribution in [0.3, 0.4) is 0 Å². The summed E-state index contributed by atoms with van der Waals surface area (Å²) in [6.07, 6.45) is 9.26. The van der Waals surface area contributed by atoms with E-state index in [2.05, 4.69) is 36.1 Å². The van der Waals surface area contributed by atoms with Crippen molar-refractivity contribution >= 4 is 5.69 Å². The van der Waals surface area contributed by atoms with Gasteiger partial charge in [-0.3, -0.25) is 0 Å². The van der Waals surface area contributed by atoms with Gasteiger partial charge >= 0.3 is 0 Å². The molecule has 0 amide bonds. The van der Waals surface area contributed by atoms with E-state index in [1.165, 1.54) is 56.2 Å². The summed E-state index contributed by atoms with van der Waals surface area (Å²) in [6, 6.07) is 10.3. The van der Waals surface area contributed by atoms with Crippen molar-refractivity contribution in [2.45, 2.75) is 64.0 Å². The van der Waals surface area contributed by atoms with E-state index in [1.807, 2.05) is 0 Å². The van der Waals surface area contributed by atoms with Gasteiger partial charge in [-0.05, 0) is 56.7 Å². The predicted molar refractivity (Wildman–Crippen MR) is 86.1 cm³/mol. The zero-order valence-electron chi connectivity index (χ0n) is 12.7. The first-order chi connectivity index (χ1) is 9.81. The third-order valence-electron chi connectivity index (χ3n) is 5.36. The second-order valence-electron chi connectivity index (χ2n) is 6.62. The molecule has 2 N–H and O–H groups in total. The molecule has 1 saturated carbocycles. The van der Waals surface area contributed by atoms with Gasteiger partial charge in [0.2, 0.25) is 0 Å². The van der Waals surface area contributed by atoms with Crippen LogP contribution < -0.4 is 10.6 Å². The molecule has 0 bridgehead atoms. The average molecular weight is 272 g/mol. The van der Waals surface area contributed by atoms with Crippen molar-refractivity contribution in [3.8, 4) is 0 Å². The van der Waals surface area contributed by atoms with E-state index in [0.717, 1.165) is 6.54 Å². The van der Waals surface area contributed by atoms with Gasteiger partial charge in [0.25, 0.3) is 0 Å². The van der Waals surface area contributed by atoms with Gasteiger partial charge in [-0.1, -0.05) is 37.5 Å². The maximum absolute atomic E-state index is 6.11. The van der Waals surface area contributed by atoms with Crippen molar-refractivity contribution < 1.29 is 0 Å². The third-order valence-corrected chi connectivity index (χ3v) is 5.36. The summed E-state index contributed by atoms with van der Waals surface area (Å²) in [4.78, 5) is 2.72. The van der Waals surface area contributed by atoms with Gasteiger partial charge in [-0.15, -0.1) is 0 Å². The Bertz CT molecular complexity index is 443. The molecule has 110 valence electrons. The summed E-state index contributed by atoms with van der Waals surface area (Å²) in [5.41, 5.74) is 9.12. The van der Waals surface area contributed by atoms with Crippen LogP contribution in [0.5, 0.6) is 0 Å². The maximum atomic E-state index is 6.11. The summed E-state index contributed by atoms with van der Waals surface area (Å²) in [7, 11) is 0. The number of fused-ring (bicyclic) bond motifs is 1. The fourth-order valence-electron chi connectivity index (χ4n) is 4.23. The molecular weight excluding hydrogens is 244 g/mol. The highest BCUT2D eigenvalue weighted by atomic mass is 15.2. The molecule has 0 radical (unpaired) electrons. The number of para-hydroxylation sites is 1. The Morgan fingerprint density at radius 3 is 2.75 bits per heavy atom. The van der Waals surface area contributed by atoms with E-state index in [1.54, 1.807) is 0 Å². The molecule has 2 nitrogen and oxygen atoms in total. The van der Waals surface area contributed by atoms with Crippen LogP contribution in [0.2, 0.25) is 0 Å². The molecule has 20 heavy (non-hydrogen) atoms. The minimum Gasteiger partial charge on any atom is -0.365 e. The van der Waals surface area contributed by atoms with Crippen LogP contribution in [0.25, 0.3) is 0 Å². The molecule has 2 aliphatic rings. The Morgan fingerprint density at radius 2 is 1.90 bits per heavy atom. The molecule has 3 unspecified atom stereocenters. The number of rotatable bonds is 2. The normalized spacial score (nSPS) is 30.7. The molecule has 2 heteroatoms. The van der Waals surface area contributed by atoms with E-state index in [-0.39, 0.29) is 0 Å². The SMILES string of the molecule is CC1CCc2ccccc2N1C1CCCCCC1CN. The lowest BCUT2D eigenvalue weighted by molar-refractivity contribution is 0.350. The first kappa shape index (κ1) is 13.9. The summed E-state index contributed by atoms with van der Waals surface area (Å²) < 4.78 is 0. The van der Waals surface area contributed by atoms with Crippen LogP contribution in [-0.4, -0.2) is 18.6 Å². The molecule has 1 fully saturated rings. The number of benzene rings is 1. The number of anilines is 1. The monoisotopic (exact) mass is 272 g/mol. The van der Waals surface area contributed by atoms with Gasteiger partial charge in [0, 0.05) is 17.8 Å². The summed E-state index contributed by atoms with van der Waals surface area (Å²) >= 11 is 0. The van der Waals surface area contributed by atoms with Gasteiger partial charge < -0.3 is 10.6 Å². The minimum atomic E-state index is 0.652. The smallest absolute Gasteiger partial charge is 0.0403 e. The minimum absolute atomic E-state index is 0.652. The maximum Gasteiger partial charge on any atom is 0.0403 e. The fourth-order valence-corrected chi connectivity index (χ4v) is 4.23. The highest BCUT2D eigenvalue weighted by Gasteiger charge is 2.33. The number of hydrogen-bond acceptors (Lipinski definition) is 2. The van der Waals surface area contributed by atoms with E-state index in [4.69, 9.17) is 5.73 Å². The van der Waals surface area contributed by atoms with Crippen LogP contribution in [0.1, 0.15) is 51.0 Å². The molecule has 0 saturated heterocycles. The van der Waals surface area contributed by atoms with Gasteiger partial charge in [-0.2, -0.15) is 0 Å². The van der Waals surface area contributed by atoms with Crippen molar-refractivity contribution in [3.05, 3.63) is 29.8 Å². The summed E-state index contributed by atoms with van der Waals surface area (Å²) in [6.45, 7) is 3.24. The predicted octanol–water partition coefficient (Wildman–Crippen LogP) is 3.74. The molecule has 1 heterocycles. The van der Waals surface area contributed by atoms with Crippen LogP contribution in [0.4, 0.5) is 5.69 Å². The quantitative estimate of drug-likeness (QED) is 0.831. The molecule has 1 aliphatic carbocycles. The van der Waals surface area contributed by atoms with Crippen molar-refractivity contribution in [3.63, 3.8) is 0 Å². The Morgan fingerprint density at radius 1 is 1.10 bits per heavy atom. The largest absolute Gasteiger partial charge is 0.365 e. The topological polar surface area (TPSA) is 29.3 Å². The lowest BCUT2D eigenvalue weighted by atomic mass is 9.87. The molecule has 1 aromatic carbocycles. The van der Waals surface area contributed by atoms with E-state index < -0.39 is 0 Å².